The molecule has 1 unspecified atom stereocenters. The molecule has 0 spiro atoms. The summed E-state index contributed by atoms with van der Waals surface area (Å²) in [5.74, 6) is -0.701. The van der Waals surface area contributed by atoms with Crippen molar-refractivity contribution in [3.8, 4) is 11.1 Å². The van der Waals surface area contributed by atoms with E-state index in [9.17, 15) is 13.2 Å². The van der Waals surface area contributed by atoms with Gasteiger partial charge >= 0.3 is 0 Å². The van der Waals surface area contributed by atoms with E-state index in [1.165, 1.54) is 17.6 Å². The highest BCUT2D eigenvalue weighted by molar-refractivity contribution is 7.89. The first-order valence-corrected chi connectivity index (χ1v) is 11.5. The second-order valence-corrected chi connectivity index (χ2v) is 9.05. The Morgan fingerprint density at radius 1 is 1.06 bits per heavy atom. The average Bonchev–Trinajstić information content (AvgIpc) is 2.80. The molecule has 1 atom stereocenters. The average molecular weight is 445 g/mol. The lowest BCUT2D eigenvalue weighted by Crippen LogP contribution is -2.36. The highest BCUT2D eigenvalue weighted by atomic mass is 32.2. The number of amides is 1. The number of hydrogen-bond donors (Lipinski definition) is 3. The predicted octanol–water partition coefficient (Wildman–Crippen LogP) is 2.19. The van der Waals surface area contributed by atoms with E-state index in [4.69, 9.17) is 0 Å². The summed E-state index contributed by atoms with van der Waals surface area (Å²) in [6.07, 6.45) is 3.42. The van der Waals surface area contributed by atoms with Gasteiger partial charge in [0.1, 0.15) is 0 Å². The molecule has 1 aliphatic heterocycles. The summed E-state index contributed by atoms with van der Waals surface area (Å²) in [5.41, 5.74) is 5.25. The Balaban J connectivity index is 1.68. The first kappa shape index (κ1) is 22.8. The molecular weight excluding hydrogens is 416 g/mol. The third kappa shape index (κ3) is 5.63. The van der Waals surface area contributed by atoms with E-state index in [-0.39, 0.29) is 17.3 Å². The van der Waals surface area contributed by atoms with Crippen molar-refractivity contribution in [2.24, 2.45) is 5.92 Å². The minimum absolute atomic E-state index is 0.214. The van der Waals surface area contributed by atoms with Gasteiger partial charge in [-0.15, -0.1) is 0 Å². The minimum Gasteiger partial charge on any atom is -0.384 e. The van der Waals surface area contributed by atoms with Crippen LogP contribution in [0.3, 0.4) is 0 Å². The number of hydroxylamine groups is 1. The summed E-state index contributed by atoms with van der Waals surface area (Å²) in [7, 11) is -0.401. The number of likely N-dealkylation sites (N-methyl/N-ethyl adjacent to an activating group) is 1. The Morgan fingerprint density at radius 3 is 2.26 bits per heavy atom. The predicted molar refractivity (Wildman–Crippen MR) is 121 cm³/mol. The Morgan fingerprint density at radius 2 is 1.71 bits per heavy atom. The monoisotopic (exact) mass is 444 g/mol. The fourth-order valence-electron chi connectivity index (χ4n) is 3.30. The van der Waals surface area contributed by atoms with Crippen molar-refractivity contribution in [2.75, 3.05) is 39.1 Å². The molecule has 0 saturated heterocycles. The summed E-state index contributed by atoms with van der Waals surface area (Å²) in [4.78, 5) is 16.7. The van der Waals surface area contributed by atoms with Crippen molar-refractivity contribution in [1.29, 1.82) is 0 Å². The molecule has 0 fully saturated rings. The Bertz CT molecular complexity index is 1000. The van der Waals surface area contributed by atoms with E-state index in [1.54, 1.807) is 30.3 Å². The highest BCUT2D eigenvalue weighted by Crippen LogP contribution is 2.26. The largest absolute Gasteiger partial charge is 0.384 e. The summed E-state index contributed by atoms with van der Waals surface area (Å²) >= 11 is 0. The number of carbonyl (C=O) groups is 1. The minimum atomic E-state index is -3.67. The van der Waals surface area contributed by atoms with Crippen LogP contribution in [0.15, 0.2) is 65.7 Å². The molecule has 0 aromatic heterocycles. The molecule has 0 radical (unpaired) electrons. The normalized spacial score (nSPS) is 16.2. The zero-order valence-electron chi connectivity index (χ0n) is 17.7. The number of anilines is 1. The molecule has 166 valence electrons. The fraction of sp³-hybridized carbons (Fsp3) is 0.318. The van der Waals surface area contributed by atoms with Gasteiger partial charge in [0, 0.05) is 31.5 Å². The van der Waals surface area contributed by atoms with Gasteiger partial charge in [-0.25, -0.2) is 13.9 Å². The van der Waals surface area contributed by atoms with Crippen molar-refractivity contribution in [2.45, 2.75) is 11.3 Å². The summed E-state index contributed by atoms with van der Waals surface area (Å²) in [5, 5.41) is 6.41. The number of nitrogens with zero attached hydrogens (tertiary/aromatic N) is 1. The summed E-state index contributed by atoms with van der Waals surface area (Å²) in [6.45, 7) is 1.94. The number of nitrogens with one attached hydrogen (secondary N) is 3. The first-order chi connectivity index (χ1) is 15.0. The quantitative estimate of drug-likeness (QED) is 0.405. The van der Waals surface area contributed by atoms with Gasteiger partial charge in [0.15, 0.2) is 0 Å². The van der Waals surface area contributed by atoms with E-state index in [1.807, 2.05) is 31.3 Å². The number of benzene rings is 2. The standard InChI is InChI=1S/C22H28N4O4S/c1-23-13-14-24-20-7-3-17(4-8-20)18-5-9-21(10-6-18)31(28,29)26-15-11-19(12-16-26)22(27)25-30-2/h3-11,15,19,23-24H,12-14,16H2,1-2H3,(H,25,27). The van der Waals surface area contributed by atoms with Crippen LogP contribution in [-0.2, 0) is 19.7 Å². The van der Waals surface area contributed by atoms with E-state index in [0.717, 1.165) is 29.9 Å². The molecule has 2 aromatic rings. The molecule has 1 aliphatic rings. The van der Waals surface area contributed by atoms with Crippen LogP contribution in [0, 0.1) is 5.92 Å². The van der Waals surface area contributed by atoms with Gasteiger partial charge in [0.05, 0.1) is 17.9 Å². The second-order valence-electron chi connectivity index (χ2n) is 7.15. The van der Waals surface area contributed by atoms with E-state index in [0.29, 0.717) is 6.42 Å². The third-order valence-electron chi connectivity index (χ3n) is 5.07. The SMILES string of the molecule is CNCCNc1ccc(-c2ccc(S(=O)(=O)N3C=CC(C(=O)NOC)CC3)cc2)cc1. The number of rotatable bonds is 9. The zero-order valence-corrected chi connectivity index (χ0v) is 18.5. The smallest absolute Gasteiger partial charge is 0.263 e. The maximum absolute atomic E-state index is 12.9. The molecule has 0 saturated carbocycles. The highest BCUT2D eigenvalue weighted by Gasteiger charge is 2.27. The van der Waals surface area contributed by atoms with Gasteiger partial charge in [0.25, 0.3) is 15.9 Å². The molecule has 3 N–H and O–H groups in total. The van der Waals surface area contributed by atoms with Gasteiger partial charge in [-0.3, -0.25) is 13.9 Å². The van der Waals surface area contributed by atoms with Crippen molar-refractivity contribution in [3.63, 3.8) is 0 Å². The molecular formula is C22H28N4O4S. The molecule has 3 rings (SSSR count). The van der Waals surface area contributed by atoms with E-state index >= 15 is 0 Å². The van der Waals surface area contributed by atoms with Gasteiger partial charge in [-0.1, -0.05) is 30.3 Å². The Kier molecular flexibility index (Phi) is 7.67. The van der Waals surface area contributed by atoms with Gasteiger partial charge < -0.3 is 10.6 Å². The van der Waals surface area contributed by atoms with Crippen LogP contribution in [0.25, 0.3) is 11.1 Å². The van der Waals surface area contributed by atoms with Crippen LogP contribution in [0.5, 0.6) is 0 Å². The Hall–Kier alpha value is -2.88. The van der Waals surface area contributed by atoms with Crippen LogP contribution < -0.4 is 16.1 Å². The molecule has 8 nitrogen and oxygen atoms in total. The topological polar surface area (TPSA) is 99.8 Å². The number of carbonyl (C=O) groups excluding carboxylic acids is 1. The van der Waals surface area contributed by atoms with Crippen LogP contribution >= 0.6 is 0 Å². The van der Waals surface area contributed by atoms with Crippen LogP contribution in [0.4, 0.5) is 5.69 Å². The number of sulfonamides is 1. The van der Waals surface area contributed by atoms with Gasteiger partial charge in [-0.05, 0) is 48.9 Å². The first-order valence-electron chi connectivity index (χ1n) is 10.1. The molecule has 9 heteroatoms. The third-order valence-corrected chi connectivity index (χ3v) is 6.86. The molecule has 1 amide bonds. The lowest BCUT2D eigenvalue weighted by atomic mass is 10.0. The Labute approximate surface area is 183 Å². The van der Waals surface area contributed by atoms with E-state index < -0.39 is 15.9 Å². The van der Waals surface area contributed by atoms with Crippen LogP contribution in [-0.4, -0.2) is 52.4 Å². The van der Waals surface area contributed by atoms with Gasteiger partial charge in [-0.2, -0.15) is 0 Å². The van der Waals surface area contributed by atoms with Crippen LogP contribution in [0.2, 0.25) is 0 Å². The lowest BCUT2D eigenvalue weighted by molar-refractivity contribution is -0.134. The second kappa shape index (κ2) is 10.4. The lowest BCUT2D eigenvalue weighted by Gasteiger charge is -2.26. The molecule has 0 bridgehead atoms. The van der Waals surface area contributed by atoms with Crippen LogP contribution in [0.1, 0.15) is 6.42 Å². The molecule has 1 heterocycles. The molecule has 31 heavy (non-hydrogen) atoms. The maximum atomic E-state index is 12.9. The van der Waals surface area contributed by atoms with Crippen molar-refractivity contribution in [1.82, 2.24) is 15.1 Å². The summed E-state index contributed by atoms with van der Waals surface area (Å²) < 4.78 is 27.2. The molecule has 2 aromatic carbocycles. The van der Waals surface area contributed by atoms with Crippen molar-refractivity contribution in [3.05, 3.63) is 60.8 Å². The summed E-state index contributed by atoms with van der Waals surface area (Å²) in [6, 6.07) is 14.8. The van der Waals surface area contributed by atoms with Gasteiger partial charge in [0.2, 0.25) is 0 Å². The maximum Gasteiger partial charge on any atom is 0.263 e. The fourth-order valence-corrected chi connectivity index (χ4v) is 4.63. The van der Waals surface area contributed by atoms with E-state index in [2.05, 4.69) is 21.0 Å². The molecule has 0 aliphatic carbocycles. The van der Waals surface area contributed by atoms with Crippen molar-refractivity contribution >= 4 is 21.6 Å². The van der Waals surface area contributed by atoms with Crippen molar-refractivity contribution < 1.29 is 18.0 Å². The zero-order chi connectivity index (χ0) is 22.3. The number of hydrogen-bond acceptors (Lipinski definition) is 6.